The number of likely N-dealkylation sites (tertiary alicyclic amines) is 1. The van der Waals surface area contributed by atoms with Gasteiger partial charge in [-0.2, -0.15) is 0 Å². The summed E-state index contributed by atoms with van der Waals surface area (Å²) in [5.74, 6) is 0.191. The summed E-state index contributed by atoms with van der Waals surface area (Å²) in [5.41, 5.74) is -0.332. The second-order valence-electron chi connectivity index (χ2n) is 5.62. The van der Waals surface area contributed by atoms with Gasteiger partial charge < -0.3 is 10.0 Å². The van der Waals surface area contributed by atoms with Gasteiger partial charge in [-0.05, 0) is 33.7 Å². The second kappa shape index (κ2) is 6.36. The maximum Gasteiger partial charge on any atom is 0.236 e. The second-order valence-corrected chi connectivity index (χ2v) is 5.62. The minimum Gasteiger partial charge on any atom is -0.394 e. The van der Waals surface area contributed by atoms with E-state index in [1.54, 1.807) is 0 Å². The van der Waals surface area contributed by atoms with Gasteiger partial charge in [-0.3, -0.25) is 9.69 Å². The molecule has 0 aromatic carbocycles. The summed E-state index contributed by atoms with van der Waals surface area (Å²) in [6.45, 7) is 6.15. The monoisotopic (exact) mass is 242 g/mol. The molecule has 4 heteroatoms. The summed E-state index contributed by atoms with van der Waals surface area (Å²) in [5, 5.41) is 9.27. The Bertz CT molecular complexity index is 246. The van der Waals surface area contributed by atoms with Gasteiger partial charge in [0, 0.05) is 18.6 Å². The highest BCUT2D eigenvalue weighted by Crippen LogP contribution is 2.13. The molecule has 1 rings (SSSR count). The van der Waals surface area contributed by atoms with E-state index < -0.39 is 0 Å². The fourth-order valence-corrected chi connectivity index (χ4v) is 1.96. The number of aliphatic hydroxyl groups excluding tert-OH is 1. The molecule has 1 aliphatic heterocycles. The molecular formula is C13H26N2O2. The van der Waals surface area contributed by atoms with Crippen molar-refractivity contribution >= 4 is 5.91 Å². The van der Waals surface area contributed by atoms with E-state index in [9.17, 15) is 9.90 Å². The first-order valence-electron chi connectivity index (χ1n) is 6.57. The molecule has 1 amide bonds. The van der Waals surface area contributed by atoms with Crippen LogP contribution in [0.4, 0.5) is 0 Å². The van der Waals surface area contributed by atoms with Crippen molar-refractivity contribution in [2.24, 2.45) is 0 Å². The van der Waals surface area contributed by atoms with E-state index in [0.29, 0.717) is 6.54 Å². The van der Waals surface area contributed by atoms with Gasteiger partial charge in [0.25, 0.3) is 0 Å². The summed E-state index contributed by atoms with van der Waals surface area (Å²) < 4.78 is 0. The van der Waals surface area contributed by atoms with Crippen LogP contribution >= 0.6 is 0 Å². The van der Waals surface area contributed by atoms with E-state index in [1.807, 2.05) is 30.7 Å². The van der Waals surface area contributed by atoms with Gasteiger partial charge >= 0.3 is 0 Å². The molecule has 1 N–H and O–H groups in total. The third-order valence-electron chi connectivity index (χ3n) is 3.75. The average Bonchev–Trinajstić information content (AvgIpc) is 2.57. The predicted molar refractivity (Wildman–Crippen MR) is 68.8 cm³/mol. The Morgan fingerprint density at radius 2 is 1.76 bits per heavy atom. The first-order valence-corrected chi connectivity index (χ1v) is 6.57. The Morgan fingerprint density at radius 3 is 2.24 bits per heavy atom. The number of carbonyl (C=O) groups is 1. The molecule has 0 aliphatic carbocycles. The molecule has 100 valence electrons. The number of aliphatic hydroxyl groups is 1. The Morgan fingerprint density at radius 1 is 1.24 bits per heavy atom. The lowest BCUT2D eigenvalue weighted by molar-refractivity contribution is -0.133. The molecule has 1 saturated heterocycles. The molecule has 0 aromatic rings. The lowest BCUT2D eigenvalue weighted by Crippen LogP contribution is -2.49. The fraction of sp³-hybridized carbons (Fsp3) is 0.923. The van der Waals surface area contributed by atoms with Crippen molar-refractivity contribution < 1.29 is 9.90 Å². The molecule has 0 saturated carbocycles. The molecule has 1 aliphatic rings. The molecule has 1 heterocycles. The Balaban J connectivity index is 2.47. The Kier molecular flexibility index (Phi) is 5.40. The molecule has 1 fully saturated rings. The van der Waals surface area contributed by atoms with Crippen molar-refractivity contribution in [3.05, 3.63) is 0 Å². The van der Waals surface area contributed by atoms with Gasteiger partial charge in [-0.1, -0.05) is 12.8 Å². The van der Waals surface area contributed by atoms with E-state index in [1.165, 1.54) is 12.8 Å². The van der Waals surface area contributed by atoms with E-state index in [2.05, 4.69) is 0 Å². The van der Waals surface area contributed by atoms with Gasteiger partial charge in [0.1, 0.15) is 0 Å². The number of hydrogen-bond acceptors (Lipinski definition) is 3. The summed E-state index contributed by atoms with van der Waals surface area (Å²) >= 11 is 0. The summed E-state index contributed by atoms with van der Waals surface area (Å²) in [6.07, 6.45) is 4.72. The van der Waals surface area contributed by atoms with E-state index in [0.717, 1.165) is 25.9 Å². The van der Waals surface area contributed by atoms with Crippen molar-refractivity contribution in [3.8, 4) is 0 Å². The van der Waals surface area contributed by atoms with Crippen LogP contribution in [0, 0.1) is 0 Å². The molecule has 4 nitrogen and oxygen atoms in total. The lowest BCUT2D eigenvalue weighted by Gasteiger charge is -2.34. The largest absolute Gasteiger partial charge is 0.394 e. The topological polar surface area (TPSA) is 43.8 Å². The number of amides is 1. The fourth-order valence-electron chi connectivity index (χ4n) is 1.96. The molecular weight excluding hydrogens is 216 g/mol. The minimum atomic E-state index is -0.332. The normalized spacial score (nSPS) is 18.3. The number of nitrogens with zero attached hydrogens (tertiary/aromatic N) is 2. The third kappa shape index (κ3) is 4.28. The van der Waals surface area contributed by atoms with E-state index >= 15 is 0 Å². The molecule has 0 aromatic heterocycles. The van der Waals surface area contributed by atoms with Crippen molar-refractivity contribution in [2.75, 3.05) is 33.3 Å². The van der Waals surface area contributed by atoms with Gasteiger partial charge in [0.05, 0.1) is 13.2 Å². The number of carbonyl (C=O) groups excluding carboxylic acids is 1. The predicted octanol–water partition coefficient (Wildman–Crippen LogP) is 1.09. The van der Waals surface area contributed by atoms with Gasteiger partial charge in [0.2, 0.25) is 5.91 Å². The standard InChI is InChI=1S/C13H26N2O2/c1-13(2,11-16)14(3)10-12(17)15-8-6-4-5-7-9-15/h16H,4-11H2,1-3H3. The minimum absolute atomic E-state index is 0.0662. The first-order chi connectivity index (χ1) is 7.97. The number of likely N-dealkylation sites (N-methyl/N-ethyl adjacent to an activating group) is 1. The highest BCUT2D eigenvalue weighted by atomic mass is 16.3. The first kappa shape index (κ1) is 14.5. The maximum absolute atomic E-state index is 12.1. The summed E-state index contributed by atoms with van der Waals surface area (Å²) in [7, 11) is 1.89. The Labute approximate surface area is 105 Å². The van der Waals surface area contributed by atoms with Crippen molar-refractivity contribution in [1.82, 2.24) is 9.80 Å². The zero-order valence-electron chi connectivity index (χ0n) is 11.4. The zero-order chi connectivity index (χ0) is 12.9. The number of hydrogen-bond donors (Lipinski definition) is 1. The molecule has 0 spiro atoms. The zero-order valence-corrected chi connectivity index (χ0v) is 11.4. The third-order valence-corrected chi connectivity index (χ3v) is 3.75. The smallest absolute Gasteiger partial charge is 0.236 e. The van der Waals surface area contributed by atoms with Crippen LogP contribution in [0.25, 0.3) is 0 Å². The summed E-state index contributed by atoms with van der Waals surface area (Å²) in [6, 6.07) is 0. The van der Waals surface area contributed by atoms with Crippen LogP contribution in [-0.4, -0.2) is 59.6 Å². The van der Waals surface area contributed by atoms with Crippen LogP contribution in [0.2, 0.25) is 0 Å². The van der Waals surface area contributed by atoms with Crippen LogP contribution in [0.5, 0.6) is 0 Å². The number of rotatable bonds is 4. The molecule has 0 bridgehead atoms. The van der Waals surface area contributed by atoms with Crippen molar-refractivity contribution in [3.63, 3.8) is 0 Å². The van der Waals surface area contributed by atoms with Crippen LogP contribution in [0.15, 0.2) is 0 Å². The van der Waals surface area contributed by atoms with Crippen LogP contribution in [0.3, 0.4) is 0 Å². The van der Waals surface area contributed by atoms with Gasteiger partial charge in [-0.25, -0.2) is 0 Å². The van der Waals surface area contributed by atoms with Crippen molar-refractivity contribution in [2.45, 2.75) is 45.1 Å². The highest BCUT2D eigenvalue weighted by molar-refractivity contribution is 5.78. The van der Waals surface area contributed by atoms with E-state index in [-0.39, 0.29) is 18.1 Å². The lowest BCUT2D eigenvalue weighted by atomic mass is 10.1. The van der Waals surface area contributed by atoms with Crippen LogP contribution in [0.1, 0.15) is 39.5 Å². The quantitative estimate of drug-likeness (QED) is 0.802. The average molecular weight is 242 g/mol. The van der Waals surface area contributed by atoms with E-state index in [4.69, 9.17) is 0 Å². The molecule has 0 unspecified atom stereocenters. The molecule has 0 radical (unpaired) electrons. The van der Waals surface area contributed by atoms with Gasteiger partial charge in [-0.15, -0.1) is 0 Å². The van der Waals surface area contributed by atoms with Crippen LogP contribution < -0.4 is 0 Å². The van der Waals surface area contributed by atoms with Crippen LogP contribution in [-0.2, 0) is 4.79 Å². The maximum atomic E-state index is 12.1. The Hall–Kier alpha value is -0.610. The summed E-state index contributed by atoms with van der Waals surface area (Å²) in [4.78, 5) is 16.0. The van der Waals surface area contributed by atoms with Crippen molar-refractivity contribution in [1.29, 1.82) is 0 Å². The molecule has 17 heavy (non-hydrogen) atoms. The highest BCUT2D eigenvalue weighted by Gasteiger charge is 2.26. The van der Waals surface area contributed by atoms with Gasteiger partial charge in [0.15, 0.2) is 0 Å². The SMILES string of the molecule is CN(CC(=O)N1CCCCCC1)C(C)(C)CO. The molecule has 0 atom stereocenters.